The molecule has 3 heterocycles. The van der Waals surface area contributed by atoms with E-state index in [-0.39, 0.29) is 5.91 Å². The minimum absolute atomic E-state index is 0.0700. The molecule has 3 aromatic rings. The third-order valence-electron chi connectivity index (χ3n) is 4.21. The van der Waals surface area contributed by atoms with Crippen molar-refractivity contribution in [2.75, 3.05) is 38.2 Å². The Kier molecular flexibility index (Phi) is 4.39. The summed E-state index contributed by atoms with van der Waals surface area (Å²) in [6, 6.07) is 9.33. The average Bonchev–Trinajstić information content (AvgIpc) is 3.26. The highest BCUT2D eigenvalue weighted by atomic mass is 79.9. The van der Waals surface area contributed by atoms with Crippen molar-refractivity contribution in [2.24, 2.45) is 0 Å². The molecular weight excluding hydrogens is 406 g/mol. The standard InChI is InChI=1S/C17H16BrN3O3S/c1-23-11-2-3-12-14(10-11)25-17(19-12)21-8-6-20(7-9-21)16(22)13-4-5-15(18)24-13/h2-5,10H,6-9H2,1H3. The minimum Gasteiger partial charge on any atom is -0.497 e. The molecule has 0 unspecified atom stereocenters. The maximum atomic E-state index is 12.4. The molecule has 2 aromatic heterocycles. The van der Waals surface area contributed by atoms with Crippen molar-refractivity contribution in [3.05, 3.63) is 40.8 Å². The Hall–Kier alpha value is -2.06. The van der Waals surface area contributed by atoms with Crippen molar-refractivity contribution >= 4 is 48.5 Å². The molecule has 0 aliphatic carbocycles. The lowest BCUT2D eigenvalue weighted by Crippen LogP contribution is -2.48. The molecule has 1 saturated heterocycles. The highest BCUT2D eigenvalue weighted by Crippen LogP contribution is 2.32. The number of ether oxygens (including phenoxy) is 1. The second kappa shape index (κ2) is 6.68. The monoisotopic (exact) mass is 421 g/mol. The van der Waals surface area contributed by atoms with E-state index in [1.807, 2.05) is 23.1 Å². The molecule has 0 saturated carbocycles. The van der Waals surface area contributed by atoms with E-state index in [0.717, 1.165) is 34.2 Å². The fraction of sp³-hybridized carbons (Fsp3) is 0.294. The van der Waals surface area contributed by atoms with Gasteiger partial charge in [0.2, 0.25) is 0 Å². The average molecular weight is 422 g/mol. The summed E-state index contributed by atoms with van der Waals surface area (Å²) in [7, 11) is 1.66. The molecule has 130 valence electrons. The molecule has 1 aliphatic heterocycles. The van der Waals surface area contributed by atoms with Gasteiger partial charge in [-0.05, 0) is 46.3 Å². The normalized spacial score (nSPS) is 15.0. The Labute approximate surface area is 157 Å². The molecule has 6 nitrogen and oxygen atoms in total. The van der Waals surface area contributed by atoms with Gasteiger partial charge in [0.1, 0.15) is 5.75 Å². The zero-order valence-electron chi connectivity index (χ0n) is 13.6. The number of furan rings is 1. The van der Waals surface area contributed by atoms with Gasteiger partial charge < -0.3 is 19.0 Å². The molecule has 1 fully saturated rings. The number of methoxy groups -OCH3 is 1. The van der Waals surface area contributed by atoms with E-state index >= 15 is 0 Å². The largest absolute Gasteiger partial charge is 0.497 e. The number of nitrogens with zero attached hydrogens (tertiary/aromatic N) is 3. The predicted molar refractivity (Wildman–Crippen MR) is 101 cm³/mol. The summed E-state index contributed by atoms with van der Waals surface area (Å²) in [5, 5.41) is 0.982. The summed E-state index contributed by atoms with van der Waals surface area (Å²) in [5.41, 5.74) is 0.972. The number of carbonyl (C=O) groups is 1. The van der Waals surface area contributed by atoms with Crippen molar-refractivity contribution < 1.29 is 13.9 Å². The Bertz CT molecular complexity index is 915. The number of benzene rings is 1. The van der Waals surface area contributed by atoms with Crippen LogP contribution in [-0.2, 0) is 0 Å². The van der Waals surface area contributed by atoms with Crippen molar-refractivity contribution in [1.29, 1.82) is 0 Å². The summed E-state index contributed by atoms with van der Waals surface area (Å²) < 4.78 is 12.3. The predicted octanol–water partition coefficient (Wildman–Crippen LogP) is 3.62. The van der Waals surface area contributed by atoms with Crippen LogP contribution >= 0.6 is 27.3 Å². The van der Waals surface area contributed by atoms with Gasteiger partial charge >= 0.3 is 0 Å². The number of carbonyl (C=O) groups excluding carboxylic acids is 1. The van der Waals surface area contributed by atoms with Crippen LogP contribution in [0.25, 0.3) is 10.2 Å². The van der Waals surface area contributed by atoms with Crippen LogP contribution in [0.1, 0.15) is 10.6 Å². The smallest absolute Gasteiger partial charge is 0.289 e. The molecule has 0 atom stereocenters. The highest BCUT2D eigenvalue weighted by molar-refractivity contribution is 9.10. The maximum absolute atomic E-state index is 12.4. The number of anilines is 1. The number of aromatic nitrogens is 1. The zero-order chi connectivity index (χ0) is 17.4. The number of piperazine rings is 1. The van der Waals surface area contributed by atoms with Gasteiger partial charge in [-0.1, -0.05) is 11.3 Å². The molecule has 25 heavy (non-hydrogen) atoms. The van der Waals surface area contributed by atoms with Gasteiger partial charge in [0, 0.05) is 26.2 Å². The maximum Gasteiger partial charge on any atom is 0.289 e. The quantitative estimate of drug-likeness (QED) is 0.646. The van der Waals surface area contributed by atoms with E-state index in [4.69, 9.17) is 14.1 Å². The number of thiazole rings is 1. The SMILES string of the molecule is COc1ccc2nc(N3CCN(C(=O)c4ccc(Br)o4)CC3)sc2c1. The fourth-order valence-corrected chi connectivity index (χ4v) is 4.19. The lowest BCUT2D eigenvalue weighted by Gasteiger charge is -2.34. The zero-order valence-corrected chi connectivity index (χ0v) is 16.0. The first-order chi connectivity index (χ1) is 12.1. The first-order valence-corrected chi connectivity index (χ1v) is 9.49. The van der Waals surface area contributed by atoms with Gasteiger partial charge in [-0.15, -0.1) is 0 Å². The van der Waals surface area contributed by atoms with Gasteiger partial charge in [0.15, 0.2) is 15.6 Å². The molecule has 1 amide bonds. The summed E-state index contributed by atoms with van der Waals surface area (Å²) in [5.74, 6) is 1.13. The molecule has 0 spiro atoms. The van der Waals surface area contributed by atoms with Crippen molar-refractivity contribution in [3.8, 4) is 5.75 Å². The lowest BCUT2D eigenvalue weighted by atomic mass is 10.3. The molecule has 0 bridgehead atoms. The lowest BCUT2D eigenvalue weighted by molar-refractivity contribution is 0.0713. The van der Waals surface area contributed by atoms with E-state index in [2.05, 4.69) is 20.8 Å². The topological polar surface area (TPSA) is 58.8 Å². The van der Waals surface area contributed by atoms with Crippen LogP contribution in [0.4, 0.5) is 5.13 Å². The van der Waals surface area contributed by atoms with Gasteiger partial charge in [0.25, 0.3) is 5.91 Å². The van der Waals surface area contributed by atoms with Crippen LogP contribution in [0.3, 0.4) is 0 Å². The van der Waals surface area contributed by atoms with Crippen LogP contribution in [0, 0.1) is 0 Å². The highest BCUT2D eigenvalue weighted by Gasteiger charge is 2.25. The van der Waals surface area contributed by atoms with Gasteiger partial charge in [-0.3, -0.25) is 4.79 Å². The third-order valence-corrected chi connectivity index (χ3v) is 5.71. The molecule has 0 N–H and O–H groups in total. The summed E-state index contributed by atoms with van der Waals surface area (Å²) >= 11 is 4.88. The minimum atomic E-state index is -0.0700. The number of hydrogen-bond donors (Lipinski definition) is 0. The van der Waals surface area contributed by atoms with Gasteiger partial charge in [0.05, 0.1) is 17.3 Å². The van der Waals surface area contributed by atoms with Crippen molar-refractivity contribution in [2.45, 2.75) is 0 Å². The van der Waals surface area contributed by atoms with E-state index < -0.39 is 0 Å². The molecule has 0 radical (unpaired) electrons. The van der Waals surface area contributed by atoms with E-state index in [1.165, 1.54) is 0 Å². The van der Waals surface area contributed by atoms with Crippen LogP contribution in [0.2, 0.25) is 0 Å². The molecule has 4 rings (SSSR count). The molecular formula is C17H16BrN3O3S. The third kappa shape index (κ3) is 3.23. The summed E-state index contributed by atoms with van der Waals surface area (Å²) in [4.78, 5) is 21.2. The van der Waals surface area contributed by atoms with E-state index in [1.54, 1.807) is 30.6 Å². The first kappa shape index (κ1) is 16.4. The number of amides is 1. The van der Waals surface area contributed by atoms with Crippen LogP contribution < -0.4 is 9.64 Å². The number of halogens is 1. The Balaban J connectivity index is 1.45. The molecule has 1 aromatic carbocycles. The second-order valence-electron chi connectivity index (χ2n) is 5.71. The van der Waals surface area contributed by atoms with E-state index in [9.17, 15) is 4.79 Å². The Morgan fingerprint density at radius 1 is 1.24 bits per heavy atom. The van der Waals surface area contributed by atoms with Crippen molar-refractivity contribution in [1.82, 2.24) is 9.88 Å². The van der Waals surface area contributed by atoms with Gasteiger partial charge in [-0.25, -0.2) is 4.98 Å². The molecule has 8 heteroatoms. The Morgan fingerprint density at radius 3 is 2.72 bits per heavy atom. The van der Waals surface area contributed by atoms with Crippen LogP contribution in [-0.4, -0.2) is 49.1 Å². The second-order valence-corrected chi connectivity index (χ2v) is 7.50. The Morgan fingerprint density at radius 2 is 2.04 bits per heavy atom. The number of hydrogen-bond acceptors (Lipinski definition) is 6. The first-order valence-electron chi connectivity index (χ1n) is 7.88. The summed E-state index contributed by atoms with van der Waals surface area (Å²) in [6.45, 7) is 2.81. The van der Waals surface area contributed by atoms with Crippen LogP contribution in [0.15, 0.2) is 39.4 Å². The molecule has 1 aliphatic rings. The van der Waals surface area contributed by atoms with Gasteiger partial charge in [-0.2, -0.15) is 0 Å². The fourth-order valence-electron chi connectivity index (χ4n) is 2.84. The van der Waals surface area contributed by atoms with Crippen molar-refractivity contribution in [3.63, 3.8) is 0 Å². The number of fused-ring (bicyclic) bond motifs is 1. The summed E-state index contributed by atoms with van der Waals surface area (Å²) in [6.07, 6.45) is 0. The van der Waals surface area contributed by atoms with E-state index in [0.29, 0.717) is 23.5 Å². The van der Waals surface area contributed by atoms with Crippen LogP contribution in [0.5, 0.6) is 5.75 Å². The number of rotatable bonds is 3.